The topological polar surface area (TPSA) is 87.7 Å². The van der Waals surface area contributed by atoms with Crippen molar-refractivity contribution in [3.8, 4) is 0 Å². The van der Waals surface area contributed by atoms with E-state index in [1.807, 2.05) is 18.4 Å². The molecule has 0 aliphatic carbocycles. The van der Waals surface area contributed by atoms with Crippen molar-refractivity contribution in [2.24, 2.45) is 10.9 Å². The van der Waals surface area contributed by atoms with Gasteiger partial charge in [0.2, 0.25) is 0 Å². The molecular weight excluding hydrogens is 274 g/mol. The van der Waals surface area contributed by atoms with E-state index in [4.69, 9.17) is 10.9 Å². The van der Waals surface area contributed by atoms with Crippen LogP contribution in [0.3, 0.4) is 0 Å². The number of amidine groups is 1. The second kappa shape index (κ2) is 6.21. The van der Waals surface area contributed by atoms with E-state index in [1.165, 1.54) is 11.3 Å². The third-order valence-electron chi connectivity index (χ3n) is 2.89. The molecule has 0 atom stereocenters. The molecule has 0 unspecified atom stereocenters. The number of benzene rings is 1. The number of carbonyl (C=O) groups is 1. The lowest BCUT2D eigenvalue weighted by Gasteiger charge is -2.09. The molecule has 1 amide bonds. The van der Waals surface area contributed by atoms with E-state index in [2.05, 4.69) is 10.5 Å². The molecule has 0 radical (unpaired) electrons. The largest absolute Gasteiger partial charge is 0.409 e. The van der Waals surface area contributed by atoms with Crippen LogP contribution in [0.15, 0.2) is 40.9 Å². The lowest BCUT2D eigenvalue weighted by atomic mass is 10.1. The molecule has 104 valence electrons. The number of anilines is 1. The zero-order valence-corrected chi connectivity index (χ0v) is 11.8. The molecule has 0 aliphatic rings. The molecule has 0 aliphatic heterocycles. The number of carbonyl (C=O) groups excluding carboxylic acids is 1. The Kier molecular flexibility index (Phi) is 4.37. The summed E-state index contributed by atoms with van der Waals surface area (Å²) in [6.45, 7) is 2.00. The number of oxime groups is 1. The predicted molar refractivity (Wildman–Crippen MR) is 80.6 cm³/mol. The number of thiophene rings is 1. The first-order valence-corrected chi connectivity index (χ1v) is 7.00. The molecule has 0 fully saturated rings. The van der Waals surface area contributed by atoms with E-state index < -0.39 is 0 Å². The molecule has 0 spiro atoms. The fourth-order valence-electron chi connectivity index (χ4n) is 1.86. The van der Waals surface area contributed by atoms with Crippen LogP contribution in [0.1, 0.15) is 27.7 Å². The Morgan fingerprint density at radius 2 is 2.15 bits per heavy atom. The minimum atomic E-state index is -0.185. The minimum absolute atomic E-state index is 0.0391. The lowest BCUT2D eigenvalue weighted by molar-refractivity contribution is 0.103. The van der Waals surface area contributed by atoms with Gasteiger partial charge in [-0.1, -0.05) is 24.2 Å². The fourth-order valence-corrected chi connectivity index (χ4v) is 2.75. The first kappa shape index (κ1) is 14.1. The summed E-state index contributed by atoms with van der Waals surface area (Å²) in [6.07, 6.45) is 0.800. The number of amides is 1. The van der Waals surface area contributed by atoms with Crippen LogP contribution in [0.25, 0.3) is 0 Å². The summed E-state index contributed by atoms with van der Waals surface area (Å²) < 4.78 is 0. The Balaban J connectivity index is 2.29. The van der Waals surface area contributed by atoms with Gasteiger partial charge in [0.05, 0.1) is 10.6 Å². The number of para-hydroxylation sites is 1. The lowest BCUT2D eigenvalue weighted by Crippen LogP contribution is -2.19. The minimum Gasteiger partial charge on any atom is -0.409 e. The van der Waals surface area contributed by atoms with Crippen LogP contribution in [-0.2, 0) is 6.42 Å². The standard InChI is InChI=1S/C14H15N3O2S/c1-2-9-7-8-20-12(9)14(18)16-11-6-4-3-5-10(11)13(15)17-19/h3-8,19H,2H2,1H3,(H2,15,17)(H,16,18). The molecule has 2 aromatic rings. The maximum Gasteiger partial charge on any atom is 0.266 e. The van der Waals surface area contributed by atoms with Crippen LogP contribution in [-0.4, -0.2) is 17.0 Å². The summed E-state index contributed by atoms with van der Waals surface area (Å²) in [5, 5.41) is 16.4. The molecular formula is C14H15N3O2S. The predicted octanol–water partition coefficient (Wildman–Crippen LogP) is 2.66. The summed E-state index contributed by atoms with van der Waals surface area (Å²) in [5.41, 5.74) is 7.61. The van der Waals surface area contributed by atoms with Crippen molar-refractivity contribution in [3.63, 3.8) is 0 Å². The zero-order chi connectivity index (χ0) is 14.5. The smallest absolute Gasteiger partial charge is 0.266 e. The van der Waals surface area contributed by atoms with Crippen LogP contribution in [0.4, 0.5) is 5.69 Å². The number of hydrogen-bond acceptors (Lipinski definition) is 4. The van der Waals surface area contributed by atoms with E-state index in [-0.39, 0.29) is 11.7 Å². The second-order valence-corrected chi connectivity index (χ2v) is 5.03. The van der Waals surface area contributed by atoms with E-state index >= 15 is 0 Å². The highest BCUT2D eigenvalue weighted by Gasteiger charge is 2.14. The van der Waals surface area contributed by atoms with Crippen LogP contribution in [0.2, 0.25) is 0 Å². The van der Waals surface area contributed by atoms with Gasteiger partial charge in [0.15, 0.2) is 5.84 Å². The average Bonchev–Trinajstić information content (AvgIpc) is 2.95. The number of aryl methyl sites for hydroxylation is 1. The molecule has 6 heteroatoms. The van der Waals surface area contributed by atoms with Crippen molar-refractivity contribution in [3.05, 3.63) is 51.7 Å². The maximum absolute atomic E-state index is 12.3. The molecule has 5 nitrogen and oxygen atoms in total. The molecule has 0 bridgehead atoms. The number of nitrogens with zero attached hydrogens (tertiary/aromatic N) is 1. The SMILES string of the molecule is CCc1ccsc1C(=O)Nc1ccccc1/C(N)=N/O. The van der Waals surface area contributed by atoms with Gasteiger partial charge < -0.3 is 16.3 Å². The number of hydrogen-bond donors (Lipinski definition) is 3. The number of nitrogens with two attached hydrogens (primary N) is 1. The Labute approximate surface area is 120 Å². The molecule has 20 heavy (non-hydrogen) atoms. The monoisotopic (exact) mass is 289 g/mol. The van der Waals surface area contributed by atoms with Gasteiger partial charge in [-0.05, 0) is 35.6 Å². The highest BCUT2D eigenvalue weighted by Crippen LogP contribution is 2.21. The van der Waals surface area contributed by atoms with Crippen LogP contribution in [0.5, 0.6) is 0 Å². The summed E-state index contributed by atoms with van der Waals surface area (Å²) in [5.74, 6) is -0.224. The van der Waals surface area contributed by atoms with Crippen molar-refractivity contribution < 1.29 is 10.0 Å². The third-order valence-corrected chi connectivity index (χ3v) is 3.85. The number of rotatable bonds is 4. The fraction of sp³-hybridized carbons (Fsp3) is 0.143. The van der Waals surface area contributed by atoms with E-state index in [1.54, 1.807) is 24.3 Å². The first-order chi connectivity index (χ1) is 9.67. The zero-order valence-electron chi connectivity index (χ0n) is 11.0. The van der Waals surface area contributed by atoms with Gasteiger partial charge in [-0.15, -0.1) is 11.3 Å². The summed E-state index contributed by atoms with van der Waals surface area (Å²) in [7, 11) is 0. The van der Waals surface area contributed by atoms with Crippen molar-refractivity contribution in [2.45, 2.75) is 13.3 Å². The van der Waals surface area contributed by atoms with Crippen LogP contribution >= 0.6 is 11.3 Å². The van der Waals surface area contributed by atoms with Crippen molar-refractivity contribution in [2.75, 3.05) is 5.32 Å². The highest BCUT2D eigenvalue weighted by molar-refractivity contribution is 7.12. The van der Waals surface area contributed by atoms with Crippen molar-refractivity contribution >= 4 is 28.8 Å². The quantitative estimate of drug-likeness (QED) is 0.350. The van der Waals surface area contributed by atoms with Gasteiger partial charge in [-0.3, -0.25) is 4.79 Å². The third kappa shape index (κ3) is 2.80. The molecule has 4 N–H and O–H groups in total. The molecule has 1 aromatic carbocycles. The Bertz CT molecular complexity index is 649. The van der Waals surface area contributed by atoms with Crippen molar-refractivity contribution in [1.29, 1.82) is 0 Å². The average molecular weight is 289 g/mol. The molecule has 0 saturated heterocycles. The molecule has 1 aromatic heterocycles. The van der Waals surface area contributed by atoms with Crippen LogP contribution < -0.4 is 11.1 Å². The van der Waals surface area contributed by atoms with Gasteiger partial charge in [0, 0.05) is 5.56 Å². The van der Waals surface area contributed by atoms with Gasteiger partial charge in [0.1, 0.15) is 0 Å². The maximum atomic E-state index is 12.3. The molecule has 0 saturated carbocycles. The summed E-state index contributed by atoms with van der Waals surface area (Å²) >= 11 is 1.40. The summed E-state index contributed by atoms with van der Waals surface area (Å²) in [6, 6.07) is 8.86. The van der Waals surface area contributed by atoms with E-state index in [0.29, 0.717) is 16.1 Å². The van der Waals surface area contributed by atoms with E-state index in [0.717, 1.165) is 12.0 Å². The van der Waals surface area contributed by atoms with Crippen molar-refractivity contribution in [1.82, 2.24) is 0 Å². The van der Waals surface area contributed by atoms with Gasteiger partial charge in [-0.2, -0.15) is 0 Å². The normalized spacial score (nSPS) is 11.3. The van der Waals surface area contributed by atoms with Gasteiger partial charge in [-0.25, -0.2) is 0 Å². The second-order valence-electron chi connectivity index (χ2n) is 4.11. The van der Waals surface area contributed by atoms with Gasteiger partial charge >= 0.3 is 0 Å². The molecule has 2 rings (SSSR count). The Morgan fingerprint density at radius 1 is 1.40 bits per heavy atom. The van der Waals surface area contributed by atoms with Gasteiger partial charge in [0.25, 0.3) is 5.91 Å². The highest BCUT2D eigenvalue weighted by atomic mass is 32.1. The first-order valence-electron chi connectivity index (χ1n) is 6.12. The number of nitrogens with one attached hydrogen (secondary N) is 1. The Morgan fingerprint density at radius 3 is 2.85 bits per heavy atom. The van der Waals surface area contributed by atoms with E-state index in [9.17, 15) is 4.79 Å². The molecule has 1 heterocycles. The Hall–Kier alpha value is -2.34. The summed E-state index contributed by atoms with van der Waals surface area (Å²) in [4.78, 5) is 13.0. The van der Waals surface area contributed by atoms with Crippen LogP contribution in [0, 0.1) is 0 Å².